The van der Waals surface area contributed by atoms with Crippen LogP contribution in [-0.2, 0) is 26.5 Å². The van der Waals surface area contributed by atoms with E-state index in [9.17, 15) is 0 Å². The molecule has 0 amide bonds. The Morgan fingerprint density at radius 1 is 0.590 bits per heavy atom. The van der Waals surface area contributed by atoms with Crippen molar-refractivity contribution in [3.05, 3.63) is 180 Å². The fourth-order valence-electron chi connectivity index (χ4n) is 9.01. The van der Waals surface area contributed by atoms with E-state index in [1.807, 2.05) is 19.1 Å². The van der Waals surface area contributed by atoms with Crippen molar-refractivity contribution in [3.63, 3.8) is 0 Å². The molecular weight excluding hydrogens is 930 g/mol. The van der Waals surface area contributed by atoms with Gasteiger partial charge in [0.2, 0.25) is 0 Å². The number of aromatic nitrogens is 5. The monoisotopic (exact) mass is 971 g/mol. The van der Waals surface area contributed by atoms with Crippen molar-refractivity contribution in [3.8, 4) is 22.5 Å². The molecule has 61 heavy (non-hydrogen) atoms. The molecular formula is C54H42N5OPt-3. The molecule has 0 saturated heterocycles. The van der Waals surface area contributed by atoms with Crippen LogP contribution >= 0.6 is 0 Å². The Morgan fingerprint density at radius 3 is 2.05 bits per heavy atom. The first kappa shape index (κ1) is 38.6. The molecule has 302 valence electrons. The average Bonchev–Trinajstić information content (AvgIpc) is 3.78. The number of nitrogens with zero attached hydrogens (tertiary/aromatic N) is 5. The molecule has 0 spiro atoms. The molecule has 8 bridgehead atoms. The Hall–Kier alpha value is -6.62. The van der Waals surface area contributed by atoms with Crippen molar-refractivity contribution in [2.45, 2.75) is 47.0 Å². The molecule has 0 fully saturated rings. The molecule has 6 aromatic carbocycles. The Morgan fingerprint density at radius 2 is 1.28 bits per heavy atom. The number of hydrogen-bond acceptors (Lipinski definition) is 3. The van der Waals surface area contributed by atoms with Crippen LogP contribution in [0.25, 0.3) is 94.0 Å². The first-order valence-electron chi connectivity index (χ1n) is 20.5. The second kappa shape index (κ2) is 14.5. The molecule has 0 radical (unpaired) electrons. The maximum atomic E-state index is 6.69. The maximum absolute atomic E-state index is 6.69. The number of pyridine rings is 2. The maximum Gasteiger partial charge on any atom is 0.136 e. The smallest absolute Gasteiger partial charge is 0.136 e. The van der Waals surface area contributed by atoms with E-state index >= 15 is 0 Å². The fraction of sp³-hybridized carbons (Fsp3) is 0.130. The Bertz CT molecular complexity index is 3620. The standard InChI is InChI=1S/C54H42N5O.Pt/c1-33-24-34(2)26-36(25-33)40-17-13-18-45-41-14-7-8-15-42(41)46-28-37(54(4,5)6)29-52(56-46)59-47-19-10-9-16-43(47)44-23-22-38(30-50(44)59)60-39-27-35(3)55-51(31-39)57-32-58(53(40)45)49-21-12-11-20-48(49)57;/h7-29,32H,1-6H3;/q-3;. The Kier molecular flexibility index (Phi) is 9.19. The summed E-state index contributed by atoms with van der Waals surface area (Å²) in [6.07, 6.45) is 2.15. The number of hydrogen-bond donors (Lipinski definition) is 0. The molecule has 0 N–H and O–H groups in total. The van der Waals surface area contributed by atoms with Crippen LogP contribution in [0.2, 0.25) is 0 Å². The largest absolute Gasteiger partial charge is 0.522 e. The third kappa shape index (κ3) is 6.49. The minimum atomic E-state index is -0.173. The van der Waals surface area contributed by atoms with Gasteiger partial charge in [0, 0.05) is 43.9 Å². The van der Waals surface area contributed by atoms with E-state index < -0.39 is 0 Å². The van der Waals surface area contributed by atoms with Crippen LogP contribution in [0.3, 0.4) is 0 Å². The summed E-state index contributed by atoms with van der Waals surface area (Å²) in [5.74, 6) is 0. The second-order valence-corrected chi connectivity index (χ2v) is 17.1. The third-order valence-corrected chi connectivity index (χ3v) is 11.7. The number of benzene rings is 6. The van der Waals surface area contributed by atoms with Gasteiger partial charge in [-0.05, 0) is 111 Å². The van der Waals surface area contributed by atoms with Gasteiger partial charge in [-0.1, -0.05) is 141 Å². The second-order valence-electron chi connectivity index (χ2n) is 17.1. The summed E-state index contributed by atoms with van der Waals surface area (Å²) in [6, 6.07) is 57.0. The summed E-state index contributed by atoms with van der Waals surface area (Å²) in [4.78, 5) is 10.7. The Labute approximate surface area is 368 Å². The van der Waals surface area contributed by atoms with Crippen molar-refractivity contribution in [1.82, 2.24) is 23.5 Å². The zero-order valence-corrected chi connectivity index (χ0v) is 37.1. The van der Waals surface area contributed by atoms with Crippen LogP contribution in [0.15, 0.2) is 150 Å². The molecule has 6 nitrogen and oxygen atoms in total. The molecule has 0 aliphatic carbocycles. The van der Waals surface area contributed by atoms with Crippen LogP contribution < -0.4 is 0 Å². The summed E-state index contributed by atoms with van der Waals surface area (Å²) in [5.41, 5.74) is 15.0. The van der Waals surface area contributed by atoms with Crippen molar-refractivity contribution in [2.24, 2.45) is 0 Å². The van der Waals surface area contributed by atoms with E-state index in [1.54, 1.807) is 0 Å². The van der Waals surface area contributed by atoms with Crippen molar-refractivity contribution in [1.29, 1.82) is 0 Å². The molecule has 1 aliphatic heterocycles. The van der Waals surface area contributed by atoms with Crippen molar-refractivity contribution in [2.75, 3.05) is 0 Å². The van der Waals surface area contributed by atoms with Crippen molar-refractivity contribution >= 4 is 71.5 Å². The van der Waals surface area contributed by atoms with Crippen LogP contribution in [0.5, 0.6) is 0 Å². The molecule has 10 aromatic rings. The average molecular weight is 972 g/mol. The number of aryl methyl sites for hydroxylation is 3. The van der Waals surface area contributed by atoms with Gasteiger partial charge in [-0.2, -0.15) is 6.07 Å². The molecule has 7 heteroatoms. The molecule has 0 saturated carbocycles. The van der Waals surface area contributed by atoms with Gasteiger partial charge in [0.15, 0.2) is 0 Å². The van der Waals surface area contributed by atoms with E-state index in [-0.39, 0.29) is 26.5 Å². The van der Waals surface area contributed by atoms with Crippen LogP contribution in [0, 0.1) is 32.9 Å². The van der Waals surface area contributed by atoms with Crippen LogP contribution in [-0.4, -0.2) is 23.5 Å². The molecule has 11 rings (SSSR count). The van der Waals surface area contributed by atoms with Crippen molar-refractivity contribution < 1.29 is 25.5 Å². The minimum Gasteiger partial charge on any atom is -0.522 e. The number of rotatable bonds is 1. The first-order chi connectivity index (χ1) is 29.1. The molecule has 4 aromatic heterocycles. The van der Waals surface area contributed by atoms with Gasteiger partial charge in [-0.25, -0.2) is 11.1 Å². The third-order valence-electron chi connectivity index (χ3n) is 11.7. The van der Waals surface area contributed by atoms with E-state index in [1.165, 1.54) is 16.7 Å². The SMILES string of the molecule is Cc1cc(C)cc(-c2cccc3c4ccccc4c4cc(C(C)(C)C)cc(n4)n4c5[c-]c(ccc5c5ccccc54)oc4[c-]c(nc(C)c4)n4[cH-]n(c23)-c2ccccc2-4)c1.[Pt]. The van der Waals surface area contributed by atoms with Gasteiger partial charge < -0.3 is 22.9 Å². The van der Waals surface area contributed by atoms with E-state index in [0.717, 1.165) is 82.8 Å². The van der Waals surface area contributed by atoms with E-state index in [0.29, 0.717) is 16.8 Å². The van der Waals surface area contributed by atoms with Gasteiger partial charge in [0.1, 0.15) is 5.65 Å². The quantitative estimate of drug-likeness (QED) is 0.154. The summed E-state index contributed by atoms with van der Waals surface area (Å²) < 4.78 is 13.4. The van der Waals surface area contributed by atoms with Gasteiger partial charge in [-0.15, -0.1) is 23.6 Å². The van der Waals surface area contributed by atoms with Gasteiger partial charge >= 0.3 is 0 Å². The molecule has 1 aliphatic rings. The summed E-state index contributed by atoms with van der Waals surface area (Å²) in [7, 11) is 0. The Balaban J connectivity index is 0.00000445. The van der Waals surface area contributed by atoms with Gasteiger partial charge in [-0.3, -0.25) is 0 Å². The van der Waals surface area contributed by atoms with Crippen LogP contribution in [0.1, 0.15) is 43.2 Å². The molecule has 0 unspecified atom stereocenters. The predicted molar refractivity (Wildman–Crippen MR) is 247 cm³/mol. The normalized spacial score (nSPS) is 12.0. The topological polar surface area (TPSA) is 53.2 Å². The molecule has 0 atom stereocenters. The van der Waals surface area contributed by atoms with E-state index in [4.69, 9.17) is 14.4 Å². The summed E-state index contributed by atoms with van der Waals surface area (Å²) in [6.45, 7) is 13.1. The number of para-hydroxylation sites is 4. The molecule has 5 heterocycles. The number of fused-ring (bicyclic) bond motifs is 20. The zero-order chi connectivity index (χ0) is 40.9. The van der Waals surface area contributed by atoms with Crippen LogP contribution in [0.4, 0.5) is 0 Å². The van der Waals surface area contributed by atoms with Gasteiger partial charge in [0.05, 0.1) is 5.52 Å². The summed E-state index contributed by atoms with van der Waals surface area (Å²) >= 11 is 0. The van der Waals surface area contributed by atoms with E-state index in [2.05, 4.69) is 194 Å². The minimum absolute atomic E-state index is 0. The first-order valence-corrected chi connectivity index (χ1v) is 20.5. The predicted octanol–water partition coefficient (Wildman–Crippen LogP) is 13.7. The number of imidazole rings is 1. The van der Waals surface area contributed by atoms with Gasteiger partial charge in [0.25, 0.3) is 0 Å². The zero-order valence-electron chi connectivity index (χ0n) is 34.8. The summed E-state index contributed by atoms with van der Waals surface area (Å²) in [5, 5.41) is 5.41. The fourth-order valence-corrected chi connectivity index (χ4v) is 9.01.